The minimum atomic E-state index is -0.536. The Labute approximate surface area is 201 Å². The van der Waals surface area contributed by atoms with Gasteiger partial charge in [0.05, 0.1) is 24.1 Å². The van der Waals surface area contributed by atoms with Gasteiger partial charge >= 0.3 is 11.9 Å². The Hall–Kier alpha value is -3.16. The summed E-state index contributed by atoms with van der Waals surface area (Å²) in [5, 5.41) is 7.58. The number of aryl methyl sites for hydroxylation is 1. The van der Waals surface area contributed by atoms with Gasteiger partial charge < -0.3 is 14.8 Å². The number of carbonyl (C=O) groups excluding carboxylic acids is 3. The highest BCUT2D eigenvalue weighted by Gasteiger charge is 2.17. The number of carbonyl (C=O) groups is 3. The van der Waals surface area contributed by atoms with Gasteiger partial charge in [-0.25, -0.2) is 9.48 Å². The summed E-state index contributed by atoms with van der Waals surface area (Å²) in [6.07, 6.45) is 8.76. The summed E-state index contributed by atoms with van der Waals surface area (Å²) >= 11 is 0. The molecule has 1 fully saturated rings. The Bertz CT molecular complexity index is 989. The van der Waals surface area contributed by atoms with Gasteiger partial charge in [-0.3, -0.25) is 9.59 Å². The van der Waals surface area contributed by atoms with Crippen LogP contribution in [0.1, 0.15) is 78.7 Å². The summed E-state index contributed by atoms with van der Waals surface area (Å²) < 4.78 is 11.7. The molecule has 34 heavy (non-hydrogen) atoms. The lowest BCUT2D eigenvalue weighted by Gasteiger charge is -2.20. The average molecular weight is 470 g/mol. The minimum absolute atomic E-state index is 0.170. The second kappa shape index (κ2) is 12.3. The number of rotatable bonds is 8. The van der Waals surface area contributed by atoms with Crippen LogP contribution in [-0.4, -0.2) is 47.4 Å². The summed E-state index contributed by atoms with van der Waals surface area (Å²) in [7, 11) is 1.38. The van der Waals surface area contributed by atoms with Crippen LogP contribution in [0.5, 0.6) is 0 Å². The summed E-state index contributed by atoms with van der Waals surface area (Å²) in [6.45, 7) is 3.57. The van der Waals surface area contributed by atoms with E-state index in [1.807, 2.05) is 13.8 Å². The monoisotopic (exact) mass is 469 g/mol. The van der Waals surface area contributed by atoms with Gasteiger partial charge in [-0.15, -0.1) is 0 Å². The molecule has 0 bridgehead atoms. The first kappa shape index (κ1) is 25.5. The highest BCUT2D eigenvalue weighted by atomic mass is 16.5. The Morgan fingerprint density at radius 1 is 1.03 bits per heavy atom. The van der Waals surface area contributed by atoms with Gasteiger partial charge in [-0.2, -0.15) is 5.10 Å². The number of methoxy groups -OCH3 is 1. The predicted molar refractivity (Wildman–Crippen MR) is 128 cm³/mol. The van der Waals surface area contributed by atoms with Crippen molar-refractivity contribution in [3.8, 4) is 5.69 Å². The van der Waals surface area contributed by atoms with Gasteiger partial charge in [0.2, 0.25) is 0 Å². The molecule has 184 valence electrons. The SMILES string of the molecule is COC(=O)CCc1c(C)nn(-c2ccc(C(=O)OCC(=O)NC3CCCCCCC3)cc2)c1C. The fourth-order valence-corrected chi connectivity index (χ4v) is 4.44. The molecule has 1 aliphatic rings. The van der Waals surface area contributed by atoms with E-state index in [0.29, 0.717) is 18.4 Å². The molecule has 1 aromatic carbocycles. The first-order chi connectivity index (χ1) is 16.4. The molecular formula is C26H35N3O5. The number of benzene rings is 1. The maximum absolute atomic E-state index is 12.4. The first-order valence-corrected chi connectivity index (χ1v) is 12.1. The minimum Gasteiger partial charge on any atom is -0.469 e. The number of aromatic nitrogens is 2. The molecular weight excluding hydrogens is 434 g/mol. The molecule has 0 unspecified atom stereocenters. The van der Waals surface area contributed by atoms with Crippen LogP contribution in [0.2, 0.25) is 0 Å². The molecule has 0 atom stereocenters. The van der Waals surface area contributed by atoms with E-state index in [4.69, 9.17) is 9.47 Å². The van der Waals surface area contributed by atoms with E-state index in [9.17, 15) is 14.4 Å². The van der Waals surface area contributed by atoms with Crippen LogP contribution in [0.25, 0.3) is 5.69 Å². The van der Waals surface area contributed by atoms with E-state index in [1.165, 1.54) is 26.4 Å². The lowest BCUT2D eigenvalue weighted by molar-refractivity contribution is -0.140. The van der Waals surface area contributed by atoms with Crippen molar-refractivity contribution in [3.63, 3.8) is 0 Å². The van der Waals surface area contributed by atoms with Crippen molar-refractivity contribution >= 4 is 17.8 Å². The van der Waals surface area contributed by atoms with Crippen molar-refractivity contribution in [2.24, 2.45) is 0 Å². The summed E-state index contributed by atoms with van der Waals surface area (Å²) in [5.74, 6) is -1.04. The van der Waals surface area contributed by atoms with E-state index < -0.39 is 5.97 Å². The van der Waals surface area contributed by atoms with E-state index in [-0.39, 0.29) is 24.5 Å². The number of ether oxygens (including phenoxy) is 2. The van der Waals surface area contributed by atoms with Crippen LogP contribution in [0, 0.1) is 13.8 Å². The summed E-state index contributed by atoms with van der Waals surface area (Å²) in [5.41, 5.74) is 3.95. The molecule has 3 rings (SSSR count). The molecule has 0 radical (unpaired) electrons. The quantitative estimate of drug-likeness (QED) is 0.587. The second-order valence-electron chi connectivity index (χ2n) is 8.87. The molecule has 1 saturated carbocycles. The topological polar surface area (TPSA) is 99.5 Å². The van der Waals surface area contributed by atoms with Crippen molar-refractivity contribution < 1.29 is 23.9 Å². The fraction of sp³-hybridized carbons (Fsp3) is 0.538. The van der Waals surface area contributed by atoms with Crippen LogP contribution in [0.4, 0.5) is 0 Å². The highest BCUT2D eigenvalue weighted by molar-refractivity contribution is 5.91. The zero-order chi connectivity index (χ0) is 24.5. The number of nitrogens with one attached hydrogen (secondary N) is 1. The molecule has 8 heteroatoms. The van der Waals surface area contributed by atoms with Crippen molar-refractivity contribution in [1.29, 1.82) is 0 Å². The third-order valence-corrected chi connectivity index (χ3v) is 6.40. The number of nitrogens with zero attached hydrogens (tertiary/aromatic N) is 2. The molecule has 1 amide bonds. The summed E-state index contributed by atoms with van der Waals surface area (Å²) in [6, 6.07) is 7.07. The number of hydrogen-bond acceptors (Lipinski definition) is 6. The lowest BCUT2D eigenvalue weighted by atomic mass is 9.97. The Morgan fingerprint density at radius 2 is 1.68 bits per heavy atom. The van der Waals surface area contributed by atoms with Crippen LogP contribution >= 0.6 is 0 Å². The van der Waals surface area contributed by atoms with Crippen molar-refractivity contribution in [2.45, 2.75) is 77.7 Å². The number of amides is 1. The standard InChI is InChI=1S/C26H35N3O5/c1-18-23(15-16-25(31)33-3)19(2)29(28-18)22-13-11-20(12-14-22)26(32)34-17-24(30)27-21-9-7-5-4-6-8-10-21/h11-14,21H,4-10,15-17H2,1-3H3,(H,27,30). The van der Waals surface area contributed by atoms with Crippen LogP contribution in [0.15, 0.2) is 24.3 Å². The predicted octanol–water partition coefficient (Wildman–Crippen LogP) is 3.98. The molecule has 1 N–H and O–H groups in total. The van der Waals surface area contributed by atoms with Crippen LogP contribution < -0.4 is 5.32 Å². The normalized spacial score (nSPS) is 14.7. The van der Waals surface area contributed by atoms with Gasteiger partial charge in [0.1, 0.15) is 0 Å². The Balaban J connectivity index is 1.55. The van der Waals surface area contributed by atoms with Gasteiger partial charge in [-0.05, 0) is 62.9 Å². The van der Waals surface area contributed by atoms with E-state index >= 15 is 0 Å². The third kappa shape index (κ3) is 6.92. The average Bonchev–Trinajstić information content (AvgIpc) is 3.10. The van der Waals surface area contributed by atoms with E-state index in [2.05, 4.69) is 10.4 Å². The lowest BCUT2D eigenvalue weighted by Crippen LogP contribution is -2.38. The largest absolute Gasteiger partial charge is 0.469 e. The number of esters is 2. The molecule has 1 heterocycles. The van der Waals surface area contributed by atoms with Crippen molar-refractivity contribution in [3.05, 3.63) is 46.8 Å². The second-order valence-corrected chi connectivity index (χ2v) is 8.87. The zero-order valence-corrected chi connectivity index (χ0v) is 20.4. The van der Waals surface area contributed by atoms with Gasteiger partial charge in [-0.1, -0.05) is 32.1 Å². The first-order valence-electron chi connectivity index (χ1n) is 12.1. The highest BCUT2D eigenvalue weighted by Crippen LogP contribution is 2.20. The third-order valence-electron chi connectivity index (χ3n) is 6.40. The molecule has 0 aliphatic heterocycles. The number of hydrogen-bond donors (Lipinski definition) is 1. The van der Waals surface area contributed by atoms with Gasteiger partial charge in [0.15, 0.2) is 6.61 Å². The Morgan fingerprint density at radius 3 is 2.32 bits per heavy atom. The molecule has 0 spiro atoms. The molecule has 0 saturated heterocycles. The fourth-order valence-electron chi connectivity index (χ4n) is 4.44. The maximum atomic E-state index is 12.4. The van der Waals surface area contributed by atoms with Gasteiger partial charge in [0, 0.05) is 18.2 Å². The smallest absolute Gasteiger partial charge is 0.338 e. The molecule has 2 aromatic rings. The van der Waals surface area contributed by atoms with Gasteiger partial charge in [0.25, 0.3) is 5.91 Å². The molecule has 1 aromatic heterocycles. The molecule has 8 nitrogen and oxygen atoms in total. The van der Waals surface area contributed by atoms with Crippen LogP contribution in [-0.2, 0) is 25.5 Å². The van der Waals surface area contributed by atoms with E-state index in [0.717, 1.165) is 48.3 Å². The zero-order valence-electron chi connectivity index (χ0n) is 20.4. The Kier molecular flexibility index (Phi) is 9.24. The summed E-state index contributed by atoms with van der Waals surface area (Å²) in [4.78, 5) is 36.2. The van der Waals surface area contributed by atoms with Crippen molar-refractivity contribution in [2.75, 3.05) is 13.7 Å². The van der Waals surface area contributed by atoms with Crippen LogP contribution in [0.3, 0.4) is 0 Å². The van der Waals surface area contributed by atoms with Crippen molar-refractivity contribution in [1.82, 2.24) is 15.1 Å². The van der Waals surface area contributed by atoms with E-state index in [1.54, 1.807) is 28.9 Å². The maximum Gasteiger partial charge on any atom is 0.338 e. The molecule has 1 aliphatic carbocycles.